The van der Waals surface area contributed by atoms with Gasteiger partial charge in [0.2, 0.25) is 11.9 Å². The average Bonchev–Trinajstić information content (AvgIpc) is 2.87. The van der Waals surface area contributed by atoms with Gasteiger partial charge in [0.1, 0.15) is 17.2 Å². The number of carbonyl (C=O) groups excluding carboxylic acids is 1. The van der Waals surface area contributed by atoms with Crippen LogP contribution in [0.25, 0.3) is 10.9 Å². The van der Waals surface area contributed by atoms with Crippen molar-refractivity contribution in [1.82, 2.24) is 19.9 Å². The van der Waals surface area contributed by atoms with E-state index in [1.807, 2.05) is 6.92 Å². The number of nitrogens with one attached hydrogen (secondary N) is 1. The molecular formula is C22H29ClN8O4. The Morgan fingerprint density at radius 2 is 1.63 bits per heavy atom. The number of piperazine rings is 1. The summed E-state index contributed by atoms with van der Waals surface area (Å²) in [5.41, 5.74) is 7.23. The zero-order valence-corrected chi connectivity index (χ0v) is 20.9. The van der Waals surface area contributed by atoms with Crippen molar-refractivity contribution in [2.75, 3.05) is 74.9 Å². The van der Waals surface area contributed by atoms with Crippen LogP contribution < -0.4 is 30.3 Å². The third-order valence-electron chi connectivity index (χ3n) is 5.59. The van der Waals surface area contributed by atoms with Crippen molar-refractivity contribution >= 4 is 52.8 Å². The molecule has 0 saturated carbocycles. The standard InChI is InChI=1S/C22H28N8O4.ClH/c1-5-24-19-14(20(31)34-4)12-25-21(28-19)29-6-8-30(9-7-29)22-26-15-11-17(33-3)16(32-2)10-13(15)18(23)27-22;/h10-12H,5-9H2,1-4H3,(H2,23,26,27)(H,24,25,28);1H. The summed E-state index contributed by atoms with van der Waals surface area (Å²) in [6.07, 6.45) is 1.49. The first-order valence-corrected chi connectivity index (χ1v) is 10.9. The second kappa shape index (κ2) is 11.1. The van der Waals surface area contributed by atoms with Crippen LogP contribution in [0.5, 0.6) is 11.5 Å². The van der Waals surface area contributed by atoms with E-state index < -0.39 is 5.97 Å². The number of aromatic nitrogens is 4. The van der Waals surface area contributed by atoms with Gasteiger partial charge in [-0.15, -0.1) is 12.4 Å². The lowest BCUT2D eigenvalue weighted by Gasteiger charge is -2.35. The molecule has 1 saturated heterocycles. The number of fused-ring (bicyclic) bond motifs is 1. The zero-order chi connectivity index (χ0) is 24.2. The molecule has 1 fully saturated rings. The van der Waals surface area contributed by atoms with Gasteiger partial charge in [-0.25, -0.2) is 14.8 Å². The Morgan fingerprint density at radius 3 is 2.23 bits per heavy atom. The fourth-order valence-corrected chi connectivity index (χ4v) is 3.80. The van der Waals surface area contributed by atoms with Crippen LogP contribution in [0.2, 0.25) is 0 Å². The molecule has 0 aliphatic carbocycles. The van der Waals surface area contributed by atoms with Crippen molar-refractivity contribution in [2.24, 2.45) is 0 Å². The Kier molecular flexibility index (Phi) is 8.18. The van der Waals surface area contributed by atoms with E-state index in [-0.39, 0.29) is 12.4 Å². The zero-order valence-electron chi connectivity index (χ0n) is 20.1. The molecule has 0 radical (unpaired) electrons. The maximum Gasteiger partial charge on any atom is 0.343 e. The summed E-state index contributed by atoms with van der Waals surface area (Å²) in [5.74, 6) is 2.59. The van der Waals surface area contributed by atoms with Gasteiger partial charge in [0, 0.05) is 50.4 Å². The van der Waals surface area contributed by atoms with E-state index in [0.29, 0.717) is 84.2 Å². The summed E-state index contributed by atoms with van der Waals surface area (Å²) in [4.78, 5) is 34.3. The first-order valence-electron chi connectivity index (χ1n) is 10.9. The highest BCUT2D eigenvalue weighted by atomic mass is 35.5. The fourth-order valence-electron chi connectivity index (χ4n) is 3.80. The van der Waals surface area contributed by atoms with Crippen molar-refractivity contribution in [2.45, 2.75) is 6.92 Å². The predicted octanol–water partition coefficient (Wildman–Crippen LogP) is 1.99. The largest absolute Gasteiger partial charge is 0.493 e. The molecule has 35 heavy (non-hydrogen) atoms. The number of hydrogen-bond donors (Lipinski definition) is 2. The average molecular weight is 505 g/mol. The van der Waals surface area contributed by atoms with Crippen LogP contribution in [0.4, 0.5) is 23.5 Å². The quantitative estimate of drug-likeness (QED) is 0.454. The van der Waals surface area contributed by atoms with Gasteiger partial charge in [-0.05, 0) is 13.0 Å². The van der Waals surface area contributed by atoms with E-state index in [4.69, 9.17) is 24.9 Å². The number of nitrogen functional groups attached to an aromatic ring is 1. The summed E-state index contributed by atoms with van der Waals surface area (Å²) >= 11 is 0. The van der Waals surface area contributed by atoms with Crippen molar-refractivity contribution in [3.8, 4) is 11.5 Å². The summed E-state index contributed by atoms with van der Waals surface area (Å²) in [6.45, 7) is 5.15. The predicted molar refractivity (Wildman–Crippen MR) is 136 cm³/mol. The highest BCUT2D eigenvalue weighted by Gasteiger charge is 2.24. The van der Waals surface area contributed by atoms with E-state index >= 15 is 0 Å². The van der Waals surface area contributed by atoms with Crippen LogP contribution in [0.15, 0.2) is 18.3 Å². The van der Waals surface area contributed by atoms with Gasteiger partial charge in [-0.2, -0.15) is 9.97 Å². The molecule has 12 nitrogen and oxygen atoms in total. The number of hydrogen-bond acceptors (Lipinski definition) is 12. The minimum atomic E-state index is -0.479. The van der Waals surface area contributed by atoms with Gasteiger partial charge in [-0.1, -0.05) is 0 Å². The SMILES string of the molecule is CCNc1nc(N2CCN(c3nc(N)c4cc(OC)c(OC)cc4n3)CC2)ncc1C(=O)OC.Cl. The maximum absolute atomic E-state index is 12.0. The lowest BCUT2D eigenvalue weighted by atomic mass is 10.2. The molecule has 1 aliphatic heterocycles. The highest BCUT2D eigenvalue weighted by Crippen LogP contribution is 2.34. The van der Waals surface area contributed by atoms with Crippen LogP contribution in [0, 0.1) is 0 Å². The maximum atomic E-state index is 12.0. The lowest BCUT2D eigenvalue weighted by molar-refractivity contribution is 0.0601. The minimum Gasteiger partial charge on any atom is -0.493 e. The molecule has 0 bridgehead atoms. The molecule has 0 spiro atoms. The summed E-state index contributed by atoms with van der Waals surface area (Å²) < 4.78 is 15.6. The second-order valence-corrected chi connectivity index (χ2v) is 7.56. The normalized spacial score (nSPS) is 13.3. The third-order valence-corrected chi connectivity index (χ3v) is 5.59. The highest BCUT2D eigenvalue weighted by molar-refractivity contribution is 5.94. The monoisotopic (exact) mass is 504 g/mol. The molecule has 1 aliphatic rings. The van der Waals surface area contributed by atoms with E-state index in [9.17, 15) is 4.79 Å². The van der Waals surface area contributed by atoms with Gasteiger partial charge < -0.3 is 35.1 Å². The van der Waals surface area contributed by atoms with Crippen LogP contribution >= 0.6 is 12.4 Å². The molecule has 4 rings (SSSR count). The number of nitrogens with zero attached hydrogens (tertiary/aromatic N) is 6. The van der Waals surface area contributed by atoms with E-state index in [2.05, 4.69) is 30.1 Å². The Hall–Kier alpha value is -3.80. The van der Waals surface area contributed by atoms with Gasteiger partial charge in [-0.3, -0.25) is 0 Å². The number of nitrogens with two attached hydrogens (primary N) is 1. The molecule has 13 heteroatoms. The van der Waals surface area contributed by atoms with Crippen LogP contribution in [-0.4, -0.2) is 80.0 Å². The molecule has 0 amide bonds. The van der Waals surface area contributed by atoms with Crippen LogP contribution in [0.3, 0.4) is 0 Å². The Balaban J connectivity index is 0.00000342. The van der Waals surface area contributed by atoms with Gasteiger partial charge in [0.05, 0.1) is 26.8 Å². The second-order valence-electron chi connectivity index (χ2n) is 7.56. The van der Waals surface area contributed by atoms with Gasteiger partial charge in [0.15, 0.2) is 11.5 Å². The molecule has 0 atom stereocenters. The van der Waals surface area contributed by atoms with Crippen LogP contribution in [-0.2, 0) is 4.74 Å². The molecule has 188 valence electrons. The van der Waals surface area contributed by atoms with E-state index in [0.717, 1.165) is 0 Å². The minimum absolute atomic E-state index is 0. The molecule has 1 aromatic carbocycles. The number of ether oxygens (including phenoxy) is 3. The number of anilines is 4. The molecular weight excluding hydrogens is 476 g/mol. The summed E-state index contributed by atoms with van der Waals surface area (Å²) in [5, 5.41) is 3.81. The molecule has 0 unspecified atom stereocenters. The fraction of sp³-hybridized carbons (Fsp3) is 0.409. The number of esters is 1. The molecule has 3 aromatic rings. The van der Waals surface area contributed by atoms with Crippen molar-refractivity contribution in [3.05, 3.63) is 23.9 Å². The summed E-state index contributed by atoms with van der Waals surface area (Å²) in [7, 11) is 4.48. The number of carbonyl (C=O) groups is 1. The van der Waals surface area contributed by atoms with E-state index in [1.54, 1.807) is 26.4 Å². The third kappa shape index (κ3) is 5.16. The number of halogens is 1. The Bertz CT molecular complexity index is 1200. The van der Waals surface area contributed by atoms with Gasteiger partial charge >= 0.3 is 5.97 Å². The van der Waals surface area contributed by atoms with Crippen LogP contribution in [0.1, 0.15) is 17.3 Å². The molecule has 3 heterocycles. The lowest BCUT2D eigenvalue weighted by Crippen LogP contribution is -2.47. The number of rotatable bonds is 7. The Labute approximate surface area is 209 Å². The first kappa shape index (κ1) is 25.8. The van der Waals surface area contributed by atoms with Crippen molar-refractivity contribution in [3.63, 3.8) is 0 Å². The summed E-state index contributed by atoms with van der Waals surface area (Å²) in [6, 6.07) is 3.58. The first-order chi connectivity index (χ1) is 16.5. The van der Waals surface area contributed by atoms with Gasteiger partial charge in [0.25, 0.3) is 0 Å². The number of benzene rings is 1. The molecule has 2 aromatic heterocycles. The van der Waals surface area contributed by atoms with E-state index in [1.165, 1.54) is 13.3 Å². The smallest absolute Gasteiger partial charge is 0.343 e. The molecule has 3 N–H and O–H groups in total. The number of methoxy groups -OCH3 is 3. The topological polar surface area (TPSA) is 141 Å². The Morgan fingerprint density at radius 1 is 1.00 bits per heavy atom. The van der Waals surface area contributed by atoms with Crippen molar-refractivity contribution in [1.29, 1.82) is 0 Å². The van der Waals surface area contributed by atoms with Crippen molar-refractivity contribution < 1.29 is 19.0 Å².